The van der Waals surface area contributed by atoms with E-state index < -0.39 is 23.6 Å². The van der Waals surface area contributed by atoms with Crippen molar-refractivity contribution in [3.63, 3.8) is 0 Å². The second-order valence-electron chi connectivity index (χ2n) is 6.42. The van der Waals surface area contributed by atoms with Gasteiger partial charge in [-0.05, 0) is 40.2 Å². The van der Waals surface area contributed by atoms with E-state index in [2.05, 4.69) is 16.0 Å². The van der Waals surface area contributed by atoms with Gasteiger partial charge in [-0.3, -0.25) is 9.59 Å². The van der Waals surface area contributed by atoms with Crippen LogP contribution in [0.4, 0.5) is 4.79 Å². The largest absolute Gasteiger partial charge is 0.444 e. The first kappa shape index (κ1) is 18.2. The van der Waals surface area contributed by atoms with Crippen LogP contribution in [0, 0.1) is 0 Å². The summed E-state index contributed by atoms with van der Waals surface area (Å²) in [6, 6.07) is -1.05. The Bertz CT molecular complexity index is 414. The van der Waals surface area contributed by atoms with Gasteiger partial charge in [0.05, 0.1) is 6.42 Å². The lowest BCUT2D eigenvalue weighted by Crippen LogP contribution is -2.51. The van der Waals surface area contributed by atoms with Crippen LogP contribution in [0.3, 0.4) is 0 Å². The third kappa shape index (κ3) is 7.26. The van der Waals surface area contributed by atoms with Crippen LogP contribution in [-0.4, -0.2) is 48.7 Å². The monoisotopic (exact) mass is 314 g/mol. The Hall–Kier alpha value is -1.83. The molecule has 1 saturated heterocycles. The molecule has 0 aromatic rings. The first-order valence-electron chi connectivity index (χ1n) is 7.46. The number of carbonyl (C=O) groups is 3. The first-order valence-corrected chi connectivity index (χ1v) is 7.46. The summed E-state index contributed by atoms with van der Waals surface area (Å²) in [5.74, 6) is -1.10. The van der Waals surface area contributed by atoms with Crippen molar-refractivity contribution in [2.45, 2.75) is 57.7 Å². The number of carbonyl (C=O) groups excluding carboxylic acids is 3. The van der Waals surface area contributed by atoms with Crippen LogP contribution in [0.25, 0.3) is 0 Å². The molecule has 0 aromatic heterocycles. The molecule has 22 heavy (non-hydrogen) atoms. The van der Waals surface area contributed by atoms with Gasteiger partial charge in [-0.2, -0.15) is 0 Å². The standard InChI is InChI=1S/C14H26N4O4/c1-14(2,3)22-13(21)18-10(12(15)20)7-11(19)17-9-5-4-6-16-8-9/h9-10,16H,4-8H2,1-3H3,(H2,15,20)(H,17,19)(H,18,21)/t9?,10-/m1/s1. The van der Waals surface area contributed by atoms with E-state index >= 15 is 0 Å². The summed E-state index contributed by atoms with van der Waals surface area (Å²) in [4.78, 5) is 35.0. The number of primary amides is 1. The summed E-state index contributed by atoms with van der Waals surface area (Å²) in [6.07, 6.45) is 0.897. The number of alkyl carbamates (subject to hydrolysis) is 1. The lowest BCUT2D eigenvalue weighted by Gasteiger charge is -2.25. The Morgan fingerprint density at radius 2 is 2.05 bits per heavy atom. The van der Waals surface area contributed by atoms with E-state index in [9.17, 15) is 14.4 Å². The smallest absolute Gasteiger partial charge is 0.408 e. The molecular formula is C14H26N4O4. The van der Waals surface area contributed by atoms with Crippen LogP contribution in [0.5, 0.6) is 0 Å². The molecule has 5 N–H and O–H groups in total. The molecule has 1 heterocycles. The Kier molecular flexibility index (Phi) is 6.61. The van der Waals surface area contributed by atoms with Gasteiger partial charge < -0.3 is 26.4 Å². The molecule has 0 radical (unpaired) electrons. The Balaban J connectivity index is 2.47. The van der Waals surface area contributed by atoms with Gasteiger partial charge in [0.25, 0.3) is 0 Å². The van der Waals surface area contributed by atoms with E-state index in [1.165, 1.54) is 0 Å². The number of nitrogens with two attached hydrogens (primary N) is 1. The van der Waals surface area contributed by atoms with Crippen molar-refractivity contribution in [2.75, 3.05) is 13.1 Å². The predicted octanol–water partition coefficient (Wildman–Crippen LogP) is -0.377. The quantitative estimate of drug-likeness (QED) is 0.551. The molecule has 0 bridgehead atoms. The average Bonchev–Trinajstić information content (AvgIpc) is 2.36. The topological polar surface area (TPSA) is 123 Å². The molecule has 2 atom stereocenters. The molecule has 1 unspecified atom stereocenters. The van der Waals surface area contributed by atoms with Crippen molar-refractivity contribution in [3.05, 3.63) is 0 Å². The van der Waals surface area contributed by atoms with Crippen molar-refractivity contribution in [3.8, 4) is 0 Å². The number of rotatable bonds is 5. The highest BCUT2D eigenvalue weighted by Crippen LogP contribution is 2.07. The van der Waals surface area contributed by atoms with E-state index in [0.717, 1.165) is 19.4 Å². The van der Waals surface area contributed by atoms with Crippen molar-refractivity contribution >= 4 is 17.9 Å². The first-order chi connectivity index (χ1) is 10.2. The maximum atomic E-state index is 12.0. The molecule has 8 heteroatoms. The highest BCUT2D eigenvalue weighted by Gasteiger charge is 2.26. The number of piperidine rings is 1. The minimum Gasteiger partial charge on any atom is -0.444 e. The van der Waals surface area contributed by atoms with E-state index in [0.29, 0.717) is 6.54 Å². The highest BCUT2D eigenvalue weighted by molar-refractivity contribution is 5.90. The summed E-state index contributed by atoms with van der Waals surface area (Å²) in [7, 11) is 0. The summed E-state index contributed by atoms with van der Waals surface area (Å²) in [5.41, 5.74) is 4.54. The van der Waals surface area contributed by atoms with Crippen LogP contribution in [-0.2, 0) is 14.3 Å². The van der Waals surface area contributed by atoms with Crippen molar-refractivity contribution in [1.29, 1.82) is 0 Å². The lowest BCUT2D eigenvalue weighted by molar-refractivity contribution is -0.127. The Morgan fingerprint density at radius 3 is 2.55 bits per heavy atom. The van der Waals surface area contributed by atoms with Crippen LogP contribution >= 0.6 is 0 Å². The van der Waals surface area contributed by atoms with Crippen LogP contribution in [0.15, 0.2) is 0 Å². The van der Waals surface area contributed by atoms with E-state index in [-0.39, 0.29) is 18.4 Å². The normalized spacial score (nSPS) is 19.9. The number of hydrogen-bond acceptors (Lipinski definition) is 5. The zero-order chi connectivity index (χ0) is 16.8. The molecule has 1 aliphatic rings. The maximum absolute atomic E-state index is 12.0. The molecule has 0 saturated carbocycles. The van der Waals surface area contributed by atoms with Gasteiger partial charge in [0.2, 0.25) is 11.8 Å². The van der Waals surface area contributed by atoms with E-state index in [1.54, 1.807) is 20.8 Å². The van der Waals surface area contributed by atoms with Crippen molar-refractivity contribution < 1.29 is 19.1 Å². The molecule has 0 spiro atoms. The zero-order valence-corrected chi connectivity index (χ0v) is 13.4. The molecule has 1 aliphatic heterocycles. The van der Waals surface area contributed by atoms with Gasteiger partial charge in [0, 0.05) is 12.6 Å². The summed E-state index contributed by atoms with van der Waals surface area (Å²) < 4.78 is 5.05. The summed E-state index contributed by atoms with van der Waals surface area (Å²) >= 11 is 0. The van der Waals surface area contributed by atoms with Crippen LogP contribution in [0.2, 0.25) is 0 Å². The molecule has 8 nitrogen and oxygen atoms in total. The SMILES string of the molecule is CC(C)(C)OC(=O)N[C@H](CC(=O)NC1CCCNC1)C(N)=O. The van der Waals surface area contributed by atoms with Crippen molar-refractivity contribution in [2.24, 2.45) is 5.73 Å². The maximum Gasteiger partial charge on any atom is 0.408 e. The Morgan fingerprint density at radius 1 is 1.36 bits per heavy atom. The number of amides is 3. The fourth-order valence-electron chi connectivity index (χ4n) is 2.12. The lowest BCUT2D eigenvalue weighted by atomic mass is 10.1. The number of nitrogens with one attached hydrogen (secondary N) is 3. The second kappa shape index (κ2) is 7.98. The second-order valence-corrected chi connectivity index (χ2v) is 6.42. The molecule has 1 fully saturated rings. The predicted molar refractivity (Wildman–Crippen MR) is 81.0 cm³/mol. The molecular weight excluding hydrogens is 288 g/mol. The fraction of sp³-hybridized carbons (Fsp3) is 0.786. The van der Waals surface area contributed by atoms with Crippen LogP contribution < -0.4 is 21.7 Å². The minimum absolute atomic E-state index is 0.0382. The zero-order valence-electron chi connectivity index (χ0n) is 13.4. The van der Waals surface area contributed by atoms with Crippen LogP contribution in [0.1, 0.15) is 40.0 Å². The Labute approximate surface area is 130 Å². The third-order valence-electron chi connectivity index (χ3n) is 3.09. The molecule has 0 aromatic carbocycles. The summed E-state index contributed by atoms with van der Waals surface area (Å²) in [5, 5.41) is 8.33. The van der Waals surface area contributed by atoms with Gasteiger partial charge in [-0.25, -0.2) is 4.79 Å². The van der Waals surface area contributed by atoms with Gasteiger partial charge >= 0.3 is 6.09 Å². The highest BCUT2D eigenvalue weighted by atomic mass is 16.6. The van der Waals surface area contributed by atoms with E-state index in [4.69, 9.17) is 10.5 Å². The molecule has 3 amide bonds. The average molecular weight is 314 g/mol. The van der Waals surface area contributed by atoms with Gasteiger partial charge in [0.1, 0.15) is 11.6 Å². The molecule has 0 aliphatic carbocycles. The fourth-order valence-corrected chi connectivity index (χ4v) is 2.12. The minimum atomic E-state index is -1.09. The molecule has 1 rings (SSSR count). The number of hydrogen-bond donors (Lipinski definition) is 4. The van der Waals surface area contributed by atoms with Gasteiger partial charge in [-0.15, -0.1) is 0 Å². The van der Waals surface area contributed by atoms with Crippen molar-refractivity contribution in [1.82, 2.24) is 16.0 Å². The van der Waals surface area contributed by atoms with E-state index in [1.807, 2.05) is 0 Å². The summed E-state index contributed by atoms with van der Waals surface area (Å²) in [6.45, 7) is 6.75. The van der Waals surface area contributed by atoms with Gasteiger partial charge in [0.15, 0.2) is 0 Å². The van der Waals surface area contributed by atoms with Gasteiger partial charge in [-0.1, -0.05) is 0 Å². The molecule has 126 valence electrons. The third-order valence-corrected chi connectivity index (χ3v) is 3.09. The number of ether oxygens (including phenoxy) is 1.